The molecule has 1 atom stereocenters. The Morgan fingerprint density at radius 2 is 2.00 bits per heavy atom. The molecule has 0 amide bonds. The summed E-state index contributed by atoms with van der Waals surface area (Å²) in [4.78, 5) is 0. The van der Waals surface area contributed by atoms with Crippen LogP contribution in [0.5, 0.6) is 5.75 Å². The van der Waals surface area contributed by atoms with Crippen molar-refractivity contribution in [2.75, 3.05) is 0 Å². The molecule has 0 saturated heterocycles. The van der Waals surface area contributed by atoms with E-state index < -0.39 is 0 Å². The van der Waals surface area contributed by atoms with E-state index in [2.05, 4.69) is 12.2 Å². The van der Waals surface area contributed by atoms with Gasteiger partial charge in [-0.15, -0.1) is 0 Å². The second-order valence-corrected chi connectivity index (χ2v) is 5.02. The highest BCUT2D eigenvalue weighted by Crippen LogP contribution is 2.26. The van der Waals surface area contributed by atoms with Crippen LogP contribution in [-0.2, 0) is 0 Å². The largest absolute Gasteiger partial charge is 0.488 e. The molecule has 2 rings (SSSR count). The molecule has 0 aliphatic heterocycles. The molecule has 3 heteroatoms. The highest BCUT2D eigenvalue weighted by Gasteiger charge is 2.23. The van der Waals surface area contributed by atoms with Crippen LogP contribution in [0.2, 0.25) is 0 Å². The van der Waals surface area contributed by atoms with Crippen molar-refractivity contribution >= 4 is 0 Å². The summed E-state index contributed by atoms with van der Waals surface area (Å²) in [5.41, 5.74) is 0.977. The summed E-state index contributed by atoms with van der Waals surface area (Å²) in [6.45, 7) is 5.85. The maximum Gasteiger partial charge on any atom is 0.165 e. The monoisotopic (exact) mass is 237 g/mol. The smallest absolute Gasteiger partial charge is 0.165 e. The molecule has 2 nitrogen and oxygen atoms in total. The summed E-state index contributed by atoms with van der Waals surface area (Å²) >= 11 is 0. The van der Waals surface area contributed by atoms with Crippen LogP contribution in [0.25, 0.3) is 0 Å². The van der Waals surface area contributed by atoms with E-state index in [-0.39, 0.29) is 18.0 Å². The van der Waals surface area contributed by atoms with Crippen LogP contribution in [0.4, 0.5) is 4.39 Å². The van der Waals surface area contributed by atoms with Gasteiger partial charge in [0.05, 0.1) is 6.10 Å². The molecule has 17 heavy (non-hydrogen) atoms. The van der Waals surface area contributed by atoms with E-state index in [0.29, 0.717) is 11.8 Å². The Labute approximate surface area is 102 Å². The van der Waals surface area contributed by atoms with Crippen molar-refractivity contribution in [1.82, 2.24) is 5.32 Å². The van der Waals surface area contributed by atoms with Crippen molar-refractivity contribution in [2.24, 2.45) is 0 Å². The SMILES string of the molecule is CC(C)Oc1ccc([C@@H](C)NC2CC2)cc1F. The van der Waals surface area contributed by atoms with Crippen LogP contribution in [0, 0.1) is 5.82 Å². The summed E-state index contributed by atoms with van der Waals surface area (Å²) in [5, 5.41) is 3.45. The van der Waals surface area contributed by atoms with Crippen LogP contribution in [-0.4, -0.2) is 12.1 Å². The molecule has 1 N–H and O–H groups in total. The molecule has 0 bridgehead atoms. The second kappa shape index (κ2) is 5.05. The minimum atomic E-state index is -0.277. The van der Waals surface area contributed by atoms with E-state index in [1.807, 2.05) is 19.9 Å². The fourth-order valence-electron chi connectivity index (χ4n) is 1.84. The topological polar surface area (TPSA) is 21.3 Å². The van der Waals surface area contributed by atoms with Gasteiger partial charge in [0.15, 0.2) is 11.6 Å². The zero-order chi connectivity index (χ0) is 12.4. The van der Waals surface area contributed by atoms with Crippen molar-refractivity contribution in [2.45, 2.75) is 51.8 Å². The van der Waals surface area contributed by atoms with E-state index in [4.69, 9.17) is 4.74 Å². The molecule has 1 fully saturated rings. The first-order valence-electron chi connectivity index (χ1n) is 6.28. The minimum absolute atomic E-state index is 0.00244. The lowest BCUT2D eigenvalue weighted by Gasteiger charge is -2.16. The molecule has 0 unspecified atom stereocenters. The summed E-state index contributed by atoms with van der Waals surface area (Å²) in [7, 11) is 0. The number of hydrogen-bond acceptors (Lipinski definition) is 2. The number of nitrogens with one attached hydrogen (secondary N) is 1. The number of halogens is 1. The minimum Gasteiger partial charge on any atom is -0.488 e. The fraction of sp³-hybridized carbons (Fsp3) is 0.571. The van der Waals surface area contributed by atoms with Gasteiger partial charge in [0.25, 0.3) is 0 Å². The standard InChI is InChI=1S/C14H20FNO/c1-9(2)17-14-7-4-11(8-13(14)15)10(3)16-12-5-6-12/h4,7-10,12,16H,5-6H2,1-3H3/t10-/m1/s1. The average molecular weight is 237 g/mol. The quantitative estimate of drug-likeness (QED) is 0.847. The van der Waals surface area contributed by atoms with E-state index in [9.17, 15) is 4.39 Å². The second-order valence-electron chi connectivity index (χ2n) is 5.02. The number of rotatable bonds is 5. The molecular formula is C14H20FNO. The molecular weight excluding hydrogens is 217 g/mol. The van der Waals surface area contributed by atoms with Crippen molar-refractivity contribution in [3.63, 3.8) is 0 Å². The molecule has 1 aliphatic carbocycles. The first-order valence-corrected chi connectivity index (χ1v) is 6.28. The van der Waals surface area contributed by atoms with Crippen molar-refractivity contribution in [3.05, 3.63) is 29.6 Å². The van der Waals surface area contributed by atoms with Crippen LogP contribution in [0.3, 0.4) is 0 Å². The Hall–Kier alpha value is -1.09. The fourth-order valence-corrected chi connectivity index (χ4v) is 1.84. The number of ether oxygens (including phenoxy) is 1. The zero-order valence-corrected chi connectivity index (χ0v) is 10.7. The van der Waals surface area contributed by atoms with Gasteiger partial charge in [-0.1, -0.05) is 6.07 Å². The van der Waals surface area contributed by atoms with Gasteiger partial charge in [-0.05, 0) is 51.3 Å². The van der Waals surface area contributed by atoms with Gasteiger partial charge in [-0.2, -0.15) is 0 Å². The first-order chi connectivity index (χ1) is 8.06. The summed E-state index contributed by atoms with van der Waals surface area (Å²) < 4.78 is 19.1. The van der Waals surface area contributed by atoms with Gasteiger partial charge in [-0.3, -0.25) is 0 Å². The summed E-state index contributed by atoms with van der Waals surface area (Å²) in [6, 6.07) is 6.04. The predicted molar refractivity (Wildman–Crippen MR) is 66.7 cm³/mol. The lowest BCUT2D eigenvalue weighted by Crippen LogP contribution is -2.20. The van der Waals surface area contributed by atoms with Gasteiger partial charge < -0.3 is 10.1 Å². The average Bonchev–Trinajstić information content (AvgIpc) is 3.04. The Morgan fingerprint density at radius 3 is 2.53 bits per heavy atom. The van der Waals surface area contributed by atoms with Crippen LogP contribution in [0.15, 0.2) is 18.2 Å². The Kier molecular flexibility index (Phi) is 3.67. The zero-order valence-electron chi connectivity index (χ0n) is 10.7. The van der Waals surface area contributed by atoms with E-state index in [1.54, 1.807) is 12.1 Å². The third kappa shape index (κ3) is 3.43. The number of hydrogen-bond donors (Lipinski definition) is 1. The van der Waals surface area contributed by atoms with E-state index >= 15 is 0 Å². The van der Waals surface area contributed by atoms with Gasteiger partial charge in [-0.25, -0.2) is 4.39 Å². The van der Waals surface area contributed by atoms with Crippen molar-refractivity contribution in [3.8, 4) is 5.75 Å². The van der Waals surface area contributed by atoms with Gasteiger partial charge in [0.2, 0.25) is 0 Å². The van der Waals surface area contributed by atoms with Crippen LogP contribution >= 0.6 is 0 Å². The highest BCUT2D eigenvalue weighted by atomic mass is 19.1. The molecule has 1 aliphatic rings. The van der Waals surface area contributed by atoms with Gasteiger partial charge in [0.1, 0.15) is 0 Å². The third-order valence-electron chi connectivity index (χ3n) is 2.88. The maximum absolute atomic E-state index is 13.8. The molecule has 0 radical (unpaired) electrons. The molecule has 0 aromatic heterocycles. The number of benzene rings is 1. The van der Waals surface area contributed by atoms with E-state index in [0.717, 1.165) is 5.56 Å². The molecule has 94 valence electrons. The molecule has 0 heterocycles. The first kappa shape index (κ1) is 12.4. The lowest BCUT2D eigenvalue weighted by molar-refractivity contribution is 0.231. The van der Waals surface area contributed by atoms with Gasteiger partial charge in [0, 0.05) is 12.1 Å². The van der Waals surface area contributed by atoms with Crippen molar-refractivity contribution < 1.29 is 9.13 Å². The predicted octanol–water partition coefficient (Wildman–Crippen LogP) is 3.43. The lowest BCUT2D eigenvalue weighted by atomic mass is 10.1. The van der Waals surface area contributed by atoms with Crippen LogP contribution in [0.1, 0.15) is 45.2 Å². The molecule has 0 spiro atoms. The maximum atomic E-state index is 13.8. The summed E-state index contributed by atoms with van der Waals surface area (Å²) in [6.07, 6.45) is 2.47. The third-order valence-corrected chi connectivity index (χ3v) is 2.88. The Bertz CT molecular complexity index is 388. The van der Waals surface area contributed by atoms with E-state index in [1.165, 1.54) is 12.8 Å². The van der Waals surface area contributed by atoms with Crippen molar-refractivity contribution in [1.29, 1.82) is 0 Å². The normalized spacial score (nSPS) is 17.2. The van der Waals surface area contributed by atoms with Crippen LogP contribution < -0.4 is 10.1 Å². The molecule has 1 saturated carbocycles. The highest BCUT2D eigenvalue weighted by molar-refractivity contribution is 5.31. The molecule has 1 aromatic carbocycles. The molecule has 1 aromatic rings. The van der Waals surface area contributed by atoms with Gasteiger partial charge >= 0.3 is 0 Å². The summed E-state index contributed by atoms with van der Waals surface area (Å²) in [5.74, 6) is 0.0584. The Balaban J connectivity index is 2.06. The Morgan fingerprint density at radius 1 is 1.29 bits per heavy atom.